The van der Waals surface area contributed by atoms with E-state index in [4.69, 9.17) is 0 Å². The van der Waals surface area contributed by atoms with Gasteiger partial charge in [-0.3, -0.25) is 15.2 Å². The quantitative estimate of drug-likeness (QED) is 0.560. The van der Waals surface area contributed by atoms with Crippen molar-refractivity contribution in [2.24, 2.45) is 0 Å². The van der Waals surface area contributed by atoms with Crippen LogP contribution in [0.5, 0.6) is 0 Å². The molecule has 0 radical (unpaired) electrons. The number of aromatic nitrogens is 3. The van der Waals surface area contributed by atoms with E-state index in [1.54, 1.807) is 24.5 Å². The number of nitrogens with one attached hydrogen (secondary N) is 2. The number of nitrogens with zero attached hydrogens (tertiary/aromatic N) is 3. The van der Waals surface area contributed by atoms with Crippen LogP contribution in [0.2, 0.25) is 0 Å². The van der Waals surface area contributed by atoms with Gasteiger partial charge < -0.3 is 5.32 Å². The average molecular weight is 269 g/mol. The molecule has 0 aliphatic heterocycles. The van der Waals surface area contributed by atoms with E-state index in [1.165, 1.54) is 12.1 Å². The van der Waals surface area contributed by atoms with Crippen LogP contribution in [0.3, 0.4) is 0 Å². The second-order valence-electron chi connectivity index (χ2n) is 4.29. The number of nitro groups is 1. The zero-order chi connectivity index (χ0) is 13.9. The molecule has 0 fully saturated rings. The number of pyridine rings is 1. The van der Waals surface area contributed by atoms with Gasteiger partial charge in [-0.25, -0.2) is 4.98 Å². The summed E-state index contributed by atoms with van der Waals surface area (Å²) in [4.78, 5) is 14.7. The van der Waals surface area contributed by atoms with E-state index in [9.17, 15) is 10.1 Å². The monoisotopic (exact) mass is 269 g/mol. The predicted molar refractivity (Wildman–Crippen MR) is 74.3 cm³/mol. The van der Waals surface area contributed by atoms with Crippen molar-refractivity contribution in [3.63, 3.8) is 0 Å². The number of fused-ring (bicyclic) bond motifs is 1. The molecule has 3 aromatic rings. The van der Waals surface area contributed by atoms with Crippen molar-refractivity contribution in [3.05, 3.63) is 58.4 Å². The van der Waals surface area contributed by atoms with Crippen LogP contribution in [-0.2, 0) is 6.54 Å². The molecular formula is C13H11N5O2. The minimum Gasteiger partial charge on any atom is -0.366 e. The van der Waals surface area contributed by atoms with Crippen molar-refractivity contribution in [3.8, 4) is 0 Å². The molecule has 0 atom stereocenters. The molecule has 0 aliphatic carbocycles. The first-order valence-electron chi connectivity index (χ1n) is 5.99. The minimum absolute atomic E-state index is 0.0680. The smallest absolute Gasteiger partial charge is 0.270 e. The van der Waals surface area contributed by atoms with Crippen molar-refractivity contribution in [1.82, 2.24) is 15.2 Å². The van der Waals surface area contributed by atoms with Gasteiger partial charge in [-0.1, -0.05) is 0 Å². The summed E-state index contributed by atoms with van der Waals surface area (Å²) in [6.45, 7) is 0.613. The van der Waals surface area contributed by atoms with Gasteiger partial charge in [-0.2, -0.15) is 5.10 Å². The molecule has 7 heteroatoms. The Bertz CT molecular complexity index is 755. The van der Waals surface area contributed by atoms with E-state index in [2.05, 4.69) is 20.5 Å². The lowest BCUT2D eigenvalue weighted by Gasteiger charge is -2.05. The molecule has 7 nitrogen and oxygen atoms in total. The van der Waals surface area contributed by atoms with Crippen LogP contribution < -0.4 is 5.32 Å². The van der Waals surface area contributed by atoms with Gasteiger partial charge in [0.15, 0.2) is 0 Å². The summed E-state index contributed by atoms with van der Waals surface area (Å²) in [6, 6.07) is 8.23. The molecule has 0 saturated carbocycles. The molecule has 3 rings (SSSR count). The average Bonchev–Trinajstić information content (AvgIpc) is 2.97. The summed E-state index contributed by atoms with van der Waals surface area (Å²) in [5.41, 5.74) is 1.81. The van der Waals surface area contributed by atoms with Crippen molar-refractivity contribution in [1.29, 1.82) is 0 Å². The third kappa shape index (κ3) is 2.41. The highest BCUT2D eigenvalue weighted by molar-refractivity contribution is 5.82. The van der Waals surface area contributed by atoms with Crippen LogP contribution >= 0.6 is 0 Å². The van der Waals surface area contributed by atoms with E-state index in [1.807, 2.05) is 6.07 Å². The lowest BCUT2D eigenvalue weighted by molar-refractivity contribution is -0.384. The Kier molecular flexibility index (Phi) is 3.00. The fraction of sp³-hybridized carbons (Fsp3) is 0.0769. The Balaban J connectivity index is 1.83. The van der Waals surface area contributed by atoms with Crippen molar-refractivity contribution in [2.45, 2.75) is 6.54 Å². The van der Waals surface area contributed by atoms with Gasteiger partial charge in [0.1, 0.15) is 5.82 Å². The Labute approximate surface area is 113 Å². The van der Waals surface area contributed by atoms with Crippen molar-refractivity contribution in [2.75, 3.05) is 5.32 Å². The normalized spacial score (nSPS) is 10.6. The number of benzene rings is 1. The van der Waals surface area contributed by atoms with E-state index in [0.717, 1.165) is 10.9 Å². The first kappa shape index (κ1) is 12.1. The van der Waals surface area contributed by atoms with Crippen molar-refractivity contribution < 1.29 is 4.92 Å². The molecular weight excluding hydrogens is 258 g/mol. The standard InChI is InChI=1S/C13H11N5O2/c19-18(20)11-2-3-12-10(5-11)1-4-13(17-12)14-6-9-7-15-16-8-9/h1-5,7-8H,6H2,(H,14,17)(H,15,16). The highest BCUT2D eigenvalue weighted by Crippen LogP contribution is 2.21. The topological polar surface area (TPSA) is 96.7 Å². The minimum atomic E-state index is -0.412. The number of rotatable bonds is 4. The first-order chi connectivity index (χ1) is 9.72. The van der Waals surface area contributed by atoms with Crippen LogP contribution in [0.15, 0.2) is 42.7 Å². The zero-order valence-corrected chi connectivity index (χ0v) is 10.4. The van der Waals surface area contributed by atoms with Crippen LogP contribution in [0.4, 0.5) is 11.5 Å². The van der Waals surface area contributed by atoms with E-state index < -0.39 is 4.92 Å². The van der Waals surface area contributed by atoms with Crippen LogP contribution in [0.25, 0.3) is 10.9 Å². The third-order valence-electron chi connectivity index (χ3n) is 2.91. The molecule has 0 unspecified atom stereocenters. The number of anilines is 1. The van der Waals surface area contributed by atoms with Gasteiger partial charge in [0.25, 0.3) is 5.69 Å². The van der Waals surface area contributed by atoms with Gasteiger partial charge in [0.05, 0.1) is 16.6 Å². The summed E-state index contributed by atoms with van der Waals surface area (Å²) in [5.74, 6) is 0.715. The van der Waals surface area contributed by atoms with Gasteiger partial charge in [-0.05, 0) is 18.2 Å². The third-order valence-corrected chi connectivity index (χ3v) is 2.91. The summed E-state index contributed by atoms with van der Waals surface area (Å²) in [5, 5.41) is 21.2. The molecule has 2 N–H and O–H groups in total. The number of hydrogen-bond donors (Lipinski definition) is 2. The Morgan fingerprint density at radius 2 is 2.20 bits per heavy atom. The molecule has 20 heavy (non-hydrogen) atoms. The summed E-state index contributed by atoms with van der Waals surface area (Å²) < 4.78 is 0. The lowest BCUT2D eigenvalue weighted by Crippen LogP contribution is -2.00. The second kappa shape index (κ2) is 4.96. The second-order valence-corrected chi connectivity index (χ2v) is 4.29. The fourth-order valence-corrected chi connectivity index (χ4v) is 1.89. The predicted octanol–water partition coefficient (Wildman–Crippen LogP) is 2.48. The molecule has 0 aliphatic rings. The molecule has 2 heterocycles. The summed E-state index contributed by atoms with van der Waals surface area (Å²) >= 11 is 0. The number of non-ortho nitro benzene ring substituents is 1. The molecule has 0 saturated heterocycles. The fourth-order valence-electron chi connectivity index (χ4n) is 1.89. The molecule has 0 spiro atoms. The Hall–Kier alpha value is -2.96. The lowest BCUT2D eigenvalue weighted by atomic mass is 10.2. The van der Waals surface area contributed by atoms with Crippen LogP contribution in [0, 0.1) is 10.1 Å². The van der Waals surface area contributed by atoms with Gasteiger partial charge in [0, 0.05) is 35.8 Å². The summed E-state index contributed by atoms with van der Waals surface area (Å²) in [6.07, 6.45) is 3.54. The van der Waals surface area contributed by atoms with E-state index in [0.29, 0.717) is 17.9 Å². The number of hydrogen-bond acceptors (Lipinski definition) is 5. The van der Waals surface area contributed by atoms with Gasteiger partial charge in [0.2, 0.25) is 0 Å². The number of H-pyrrole nitrogens is 1. The Morgan fingerprint density at radius 3 is 2.95 bits per heavy atom. The molecule has 100 valence electrons. The zero-order valence-electron chi connectivity index (χ0n) is 10.4. The maximum Gasteiger partial charge on any atom is 0.270 e. The molecule has 1 aromatic carbocycles. The number of nitro benzene ring substituents is 1. The van der Waals surface area contributed by atoms with Crippen LogP contribution in [0.1, 0.15) is 5.56 Å². The number of aromatic amines is 1. The van der Waals surface area contributed by atoms with E-state index in [-0.39, 0.29) is 5.69 Å². The summed E-state index contributed by atoms with van der Waals surface area (Å²) in [7, 11) is 0. The van der Waals surface area contributed by atoms with Crippen molar-refractivity contribution >= 4 is 22.4 Å². The first-order valence-corrected chi connectivity index (χ1v) is 5.99. The van der Waals surface area contributed by atoms with Gasteiger partial charge >= 0.3 is 0 Å². The molecule has 2 aromatic heterocycles. The molecule has 0 bridgehead atoms. The maximum absolute atomic E-state index is 10.7. The highest BCUT2D eigenvalue weighted by Gasteiger charge is 2.07. The largest absolute Gasteiger partial charge is 0.366 e. The van der Waals surface area contributed by atoms with E-state index >= 15 is 0 Å². The Morgan fingerprint density at radius 1 is 1.30 bits per heavy atom. The maximum atomic E-state index is 10.7. The SMILES string of the molecule is O=[N+]([O-])c1ccc2nc(NCc3cn[nH]c3)ccc2c1. The molecule has 0 amide bonds. The van der Waals surface area contributed by atoms with Gasteiger partial charge in [-0.15, -0.1) is 0 Å². The highest BCUT2D eigenvalue weighted by atomic mass is 16.6. The van der Waals surface area contributed by atoms with Crippen LogP contribution in [-0.4, -0.2) is 20.1 Å².